The molecule has 2 heterocycles. The highest BCUT2D eigenvalue weighted by Gasteiger charge is 2.52. The molecule has 20 heavy (non-hydrogen) atoms. The molecule has 2 aliphatic rings. The Bertz CT molecular complexity index is 505. The molecule has 1 aliphatic heterocycles. The Morgan fingerprint density at radius 3 is 2.50 bits per heavy atom. The van der Waals surface area contributed by atoms with Crippen LogP contribution in [0.1, 0.15) is 63.7 Å². The van der Waals surface area contributed by atoms with Crippen molar-refractivity contribution in [3.8, 4) is 0 Å². The molecule has 0 bridgehead atoms. The monoisotopic (exact) mass is 277 g/mol. The van der Waals surface area contributed by atoms with Gasteiger partial charge in [0, 0.05) is 6.42 Å². The van der Waals surface area contributed by atoms with Crippen LogP contribution in [0.4, 0.5) is 0 Å². The molecule has 0 aromatic carbocycles. The SMILES string of the molecule is CC(c1nn[nH]n1)N1C(=O)CC2(CCCCCC2)C1=O. The van der Waals surface area contributed by atoms with Crippen molar-refractivity contribution in [3.63, 3.8) is 0 Å². The van der Waals surface area contributed by atoms with Crippen molar-refractivity contribution in [1.29, 1.82) is 0 Å². The average Bonchev–Trinajstić information content (AvgIpc) is 2.95. The van der Waals surface area contributed by atoms with E-state index < -0.39 is 11.5 Å². The minimum Gasteiger partial charge on any atom is -0.274 e. The minimum atomic E-state index is -0.467. The molecule has 1 saturated heterocycles. The van der Waals surface area contributed by atoms with Gasteiger partial charge in [0.25, 0.3) is 0 Å². The van der Waals surface area contributed by atoms with E-state index in [9.17, 15) is 9.59 Å². The Labute approximate surface area is 117 Å². The number of carbonyl (C=O) groups is 2. The topological polar surface area (TPSA) is 91.8 Å². The first-order valence-corrected chi connectivity index (χ1v) is 7.24. The van der Waals surface area contributed by atoms with Crippen LogP contribution in [0.25, 0.3) is 0 Å². The van der Waals surface area contributed by atoms with E-state index in [1.165, 1.54) is 4.90 Å². The van der Waals surface area contributed by atoms with Crippen LogP contribution in [0.15, 0.2) is 0 Å². The second-order valence-corrected chi connectivity index (χ2v) is 5.89. The number of rotatable bonds is 2. The zero-order valence-corrected chi connectivity index (χ0v) is 11.6. The van der Waals surface area contributed by atoms with Crippen molar-refractivity contribution in [2.75, 3.05) is 0 Å². The highest BCUT2D eigenvalue weighted by Crippen LogP contribution is 2.46. The average molecular weight is 277 g/mol. The lowest BCUT2D eigenvalue weighted by atomic mass is 9.79. The summed E-state index contributed by atoms with van der Waals surface area (Å²) in [6, 6.07) is -0.448. The number of nitrogens with zero attached hydrogens (tertiary/aromatic N) is 4. The van der Waals surface area contributed by atoms with Crippen molar-refractivity contribution < 1.29 is 9.59 Å². The highest BCUT2D eigenvalue weighted by atomic mass is 16.2. The Kier molecular flexibility index (Phi) is 3.27. The van der Waals surface area contributed by atoms with Crippen molar-refractivity contribution in [2.45, 2.75) is 57.9 Å². The van der Waals surface area contributed by atoms with E-state index in [-0.39, 0.29) is 11.8 Å². The predicted octanol–water partition coefficient (Wildman–Crippen LogP) is 1.36. The summed E-state index contributed by atoms with van der Waals surface area (Å²) in [5.41, 5.74) is -0.467. The number of hydrogen-bond donors (Lipinski definition) is 1. The number of carbonyl (C=O) groups excluding carboxylic acids is 2. The third-order valence-electron chi connectivity index (χ3n) is 4.61. The molecule has 1 spiro atoms. The van der Waals surface area contributed by atoms with Gasteiger partial charge in [0.2, 0.25) is 11.8 Å². The van der Waals surface area contributed by atoms with Crippen molar-refractivity contribution in [2.24, 2.45) is 5.41 Å². The molecule has 1 aromatic heterocycles. The summed E-state index contributed by atoms with van der Waals surface area (Å²) in [5.74, 6) is 0.244. The fraction of sp³-hybridized carbons (Fsp3) is 0.769. The van der Waals surface area contributed by atoms with Crippen LogP contribution < -0.4 is 0 Å². The Morgan fingerprint density at radius 1 is 1.20 bits per heavy atom. The third kappa shape index (κ3) is 2.01. The summed E-state index contributed by atoms with van der Waals surface area (Å²) < 4.78 is 0. The molecule has 1 unspecified atom stereocenters. The van der Waals surface area contributed by atoms with E-state index in [0.29, 0.717) is 12.2 Å². The van der Waals surface area contributed by atoms with Gasteiger partial charge in [-0.2, -0.15) is 5.21 Å². The molecule has 7 heteroatoms. The Balaban J connectivity index is 1.86. The minimum absolute atomic E-state index is 0.0401. The Hall–Kier alpha value is -1.79. The fourth-order valence-corrected chi connectivity index (χ4v) is 3.47. The van der Waals surface area contributed by atoms with Gasteiger partial charge in [0.15, 0.2) is 5.82 Å². The number of tetrazole rings is 1. The number of likely N-dealkylation sites (tertiary alicyclic amines) is 1. The van der Waals surface area contributed by atoms with Crippen LogP contribution in [0.5, 0.6) is 0 Å². The van der Waals surface area contributed by atoms with E-state index in [1.807, 2.05) is 0 Å². The quantitative estimate of drug-likeness (QED) is 0.824. The molecule has 2 amide bonds. The maximum absolute atomic E-state index is 12.8. The van der Waals surface area contributed by atoms with Gasteiger partial charge in [-0.3, -0.25) is 14.5 Å². The van der Waals surface area contributed by atoms with Crippen LogP contribution in [0.2, 0.25) is 0 Å². The number of aromatic amines is 1. The first-order chi connectivity index (χ1) is 9.64. The maximum Gasteiger partial charge on any atom is 0.236 e. The van der Waals surface area contributed by atoms with Crippen LogP contribution in [-0.4, -0.2) is 37.3 Å². The molecule has 3 rings (SSSR count). The zero-order chi connectivity index (χ0) is 14.2. The molecule has 1 saturated carbocycles. The van der Waals surface area contributed by atoms with E-state index in [1.54, 1.807) is 6.92 Å². The molecule has 1 N–H and O–H groups in total. The summed E-state index contributed by atoms with van der Waals surface area (Å²) in [4.78, 5) is 26.5. The molecule has 1 aromatic rings. The molecule has 0 radical (unpaired) electrons. The van der Waals surface area contributed by atoms with Gasteiger partial charge in [-0.15, -0.1) is 10.2 Å². The lowest BCUT2D eigenvalue weighted by Crippen LogP contribution is -2.37. The van der Waals surface area contributed by atoms with Crippen molar-refractivity contribution in [1.82, 2.24) is 25.5 Å². The summed E-state index contributed by atoms with van der Waals surface area (Å²) >= 11 is 0. The molecule has 7 nitrogen and oxygen atoms in total. The highest BCUT2D eigenvalue weighted by molar-refractivity contribution is 6.06. The molecule has 2 fully saturated rings. The van der Waals surface area contributed by atoms with E-state index in [4.69, 9.17) is 0 Å². The van der Waals surface area contributed by atoms with Gasteiger partial charge < -0.3 is 0 Å². The number of imide groups is 1. The zero-order valence-electron chi connectivity index (χ0n) is 11.6. The standard InChI is InChI=1S/C13H19N5O2/c1-9(11-14-16-17-15-11)18-10(19)8-13(12(18)20)6-4-2-3-5-7-13/h9H,2-8H2,1H3,(H,14,15,16,17). The first-order valence-electron chi connectivity index (χ1n) is 7.24. The summed E-state index contributed by atoms with van der Waals surface area (Å²) in [6.07, 6.45) is 6.37. The van der Waals surface area contributed by atoms with E-state index in [0.717, 1.165) is 38.5 Å². The van der Waals surface area contributed by atoms with Crippen LogP contribution >= 0.6 is 0 Å². The van der Waals surface area contributed by atoms with Crippen molar-refractivity contribution >= 4 is 11.8 Å². The van der Waals surface area contributed by atoms with Gasteiger partial charge in [-0.25, -0.2) is 0 Å². The fourth-order valence-electron chi connectivity index (χ4n) is 3.47. The summed E-state index contributed by atoms with van der Waals surface area (Å²) in [5, 5.41) is 13.6. The number of aromatic nitrogens is 4. The van der Waals surface area contributed by atoms with Crippen LogP contribution in [0, 0.1) is 5.41 Å². The van der Waals surface area contributed by atoms with Gasteiger partial charge in [-0.05, 0) is 19.8 Å². The summed E-state index contributed by atoms with van der Waals surface area (Å²) in [7, 11) is 0. The lowest BCUT2D eigenvalue weighted by molar-refractivity contribution is -0.144. The first kappa shape index (κ1) is 13.2. The smallest absolute Gasteiger partial charge is 0.236 e. The normalized spacial score (nSPS) is 24.1. The van der Waals surface area contributed by atoms with Gasteiger partial charge >= 0.3 is 0 Å². The van der Waals surface area contributed by atoms with Gasteiger partial charge in [0.05, 0.1) is 5.41 Å². The van der Waals surface area contributed by atoms with Gasteiger partial charge in [-0.1, -0.05) is 30.9 Å². The molecular formula is C13H19N5O2. The van der Waals surface area contributed by atoms with Crippen LogP contribution in [0.3, 0.4) is 0 Å². The van der Waals surface area contributed by atoms with Gasteiger partial charge in [0.1, 0.15) is 6.04 Å². The summed E-state index contributed by atoms with van der Waals surface area (Å²) in [6.45, 7) is 1.77. The van der Waals surface area contributed by atoms with Crippen LogP contribution in [-0.2, 0) is 9.59 Å². The molecular weight excluding hydrogens is 258 g/mol. The lowest BCUT2D eigenvalue weighted by Gasteiger charge is -2.26. The number of amides is 2. The predicted molar refractivity (Wildman–Crippen MR) is 69.2 cm³/mol. The second kappa shape index (κ2) is 4.96. The largest absolute Gasteiger partial charge is 0.274 e. The second-order valence-electron chi connectivity index (χ2n) is 5.89. The maximum atomic E-state index is 12.8. The molecule has 1 atom stereocenters. The number of hydrogen-bond acceptors (Lipinski definition) is 5. The van der Waals surface area contributed by atoms with E-state index in [2.05, 4.69) is 20.6 Å². The van der Waals surface area contributed by atoms with Crippen molar-refractivity contribution in [3.05, 3.63) is 5.82 Å². The Morgan fingerprint density at radius 2 is 1.90 bits per heavy atom. The third-order valence-corrected chi connectivity index (χ3v) is 4.61. The number of nitrogens with one attached hydrogen (secondary N) is 1. The molecule has 108 valence electrons. The molecule has 1 aliphatic carbocycles. The van der Waals surface area contributed by atoms with E-state index >= 15 is 0 Å². The number of H-pyrrole nitrogens is 1.